The van der Waals surface area contributed by atoms with E-state index in [1.807, 2.05) is 0 Å². The van der Waals surface area contributed by atoms with Gasteiger partial charge < -0.3 is 33.8 Å². The molecule has 0 saturated carbocycles. The molecule has 0 aliphatic heterocycles. The minimum atomic E-state index is -4.95. The normalized spacial score (nSPS) is 14.2. The Balaban J connectivity index is 5.13. The number of rotatable bonds is 68. The molecule has 5 atom stereocenters. The highest BCUT2D eigenvalue weighted by Crippen LogP contribution is 2.45. The Kier molecular flexibility index (Phi) is 59.6. The molecule has 0 amide bonds. The third kappa shape index (κ3) is 64.6. The Bertz CT molecular complexity index is 1750. The van der Waals surface area contributed by atoms with Crippen molar-refractivity contribution in [1.29, 1.82) is 0 Å². The molecule has 3 N–H and O–H groups in total. The van der Waals surface area contributed by atoms with E-state index in [-0.39, 0.29) is 25.7 Å². The van der Waals surface area contributed by atoms with Gasteiger partial charge in [0.15, 0.2) is 12.2 Å². The molecule has 528 valence electrons. The maximum Gasteiger partial charge on any atom is 0.472 e. The Hall–Kier alpha value is -1.94. The fourth-order valence-electron chi connectivity index (χ4n) is 10.5. The van der Waals surface area contributed by atoms with Crippen LogP contribution in [0, 0.1) is 17.8 Å². The molecule has 2 unspecified atom stereocenters. The Morgan fingerprint density at radius 1 is 0.303 bits per heavy atom. The summed E-state index contributed by atoms with van der Waals surface area (Å²) in [6, 6.07) is 0. The maximum absolute atomic E-state index is 13.0. The van der Waals surface area contributed by atoms with Crippen molar-refractivity contribution >= 4 is 39.5 Å². The molecule has 0 rings (SSSR count). The highest BCUT2D eigenvalue weighted by molar-refractivity contribution is 7.47. The molecule has 0 saturated heterocycles. The van der Waals surface area contributed by atoms with E-state index in [0.29, 0.717) is 37.5 Å². The van der Waals surface area contributed by atoms with Crippen LogP contribution >= 0.6 is 15.6 Å². The molecule has 0 aromatic rings. The maximum atomic E-state index is 13.0. The molecule has 0 bridgehead atoms. The second-order valence-electron chi connectivity index (χ2n) is 26.7. The summed E-state index contributed by atoms with van der Waals surface area (Å²) in [5.74, 6) is 0.0879. The van der Waals surface area contributed by atoms with Crippen molar-refractivity contribution in [2.45, 2.75) is 369 Å². The minimum Gasteiger partial charge on any atom is -0.462 e. The third-order valence-corrected chi connectivity index (χ3v) is 18.0. The highest BCUT2D eigenvalue weighted by atomic mass is 31.2. The van der Waals surface area contributed by atoms with Crippen LogP contribution in [0.15, 0.2) is 0 Å². The SMILES string of the molecule is CCCCCCCCCCC(=O)OC[C@H](COP(=O)(O)OC[C@H](O)COP(=O)(O)OC[C@@H](COC(=O)CCCCCCCCCC(C)C)OC(=O)CCCCCCCCCCCCCCCCCCCCC(C)C)OC(=O)CCCCCCCCCC(C)C. The summed E-state index contributed by atoms with van der Waals surface area (Å²) in [4.78, 5) is 72.3. The zero-order valence-electron chi connectivity index (χ0n) is 57.9. The zero-order chi connectivity index (χ0) is 65.9. The summed E-state index contributed by atoms with van der Waals surface area (Å²) in [5.41, 5.74) is 0. The molecule has 0 aromatic carbocycles. The van der Waals surface area contributed by atoms with Crippen LogP contribution in [0.5, 0.6) is 0 Å². The van der Waals surface area contributed by atoms with E-state index in [4.69, 9.17) is 37.0 Å². The second kappa shape index (κ2) is 61.0. The van der Waals surface area contributed by atoms with Gasteiger partial charge in [0, 0.05) is 25.7 Å². The van der Waals surface area contributed by atoms with Gasteiger partial charge in [0.25, 0.3) is 0 Å². The first kappa shape index (κ1) is 87.1. The number of esters is 4. The van der Waals surface area contributed by atoms with Gasteiger partial charge in [-0.15, -0.1) is 0 Å². The largest absolute Gasteiger partial charge is 0.472 e. The second-order valence-corrected chi connectivity index (χ2v) is 29.6. The van der Waals surface area contributed by atoms with Gasteiger partial charge in [-0.05, 0) is 43.4 Å². The number of phosphoric acid groups is 2. The van der Waals surface area contributed by atoms with E-state index in [9.17, 15) is 43.2 Å². The van der Waals surface area contributed by atoms with Crippen LogP contribution in [0.1, 0.15) is 350 Å². The van der Waals surface area contributed by atoms with Crippen molar-refractivity contribution in [2.24, 2.45) is 17.8 Å². The lowest BCUT2D eigenvalue weighted by molar-refractivity contribution is -0.161. The smallest absolute Gasteiger partial charge is 0.462 e. The number of hydrogen-bond acceptors (Lipinski definition) is 15. The van der Waals surface area contributed by atoms with Gasteiger partial charge in [0.05, 0.1) is 26.4 Å². The van der Waals surface area contributed by atoms with E-state index in [2.05, 4.69) is 48.5 Å². The predicted molar refractivity (Wildman–Crippen MR) is 358 cm³/mol. The van der Waals surface area contributed by atoms with Crippen LogP contribution in [0.3, 0.4) is 0 Å². The van der Waals surface area contributed by atoms with E-state index < -0.39 is 97.5 Å². The molecule has 0 fully saturated rings. The number of carbonyl (C=O) groups excluding carboxylic acids is 4. The Labute approximate surface area is 543 Å². The number of aliphatic hydroxyl groups is 1. The molecule has 19 heteroatoms. The van der Waals surface area contributed by atoms with Gasteiger partial charge in [-0.3, -0.25) is 37.3 Å². The number of carbonyl (C=O) groups is 4. The van der Waals surface area contributed by atoms with E-state index in [1.165, 1.54) is 148 Å². The standard InChI is InChI=1S/C70H136O17P2/c1-8-9-10-11-12-30-37-44-51-67(72)80-57-66(87-70(75)54-47-40-33-26-29-36-43-50-63(6)7)60-85-89(78,79)83-56-64(71)55-82-88(76,77)84-59-65(58-81-68(73)52-45-38-32-25-28-35-42-49-62(4)5)86-69(74)53-46-39-31-24-22-20-18-16-14-13-15-17-19-21-23-27-34-41-48-61(2)3/h61-66,71H,8-60H2,1-7H3,(H,76,77)(H,78,79)/t64-,65-,66-/m1/s1. The van der Waals surface area contributed by atoms with Crippen molar-refractivity contribution in [3.63, 3.8) is 0 Å². The Morgan fingerprint density at radius 3 is 0.764 bits per heavy atom. The number of phosphoric ester groups is 2. The monoisotopic (exact) mass is 1310 g/mol. The van der Waals surface area contributed by atoms with Crippen LogP contribution in [0.4, 0.5) is 0 Å². The zero-order valence-corrected chi connectivity index (χ0v) is 59.7. The first-order valence-corrected chi connectivity index (χ1v) is 39.3. The summed E-state index contributed by atoms with van der Waals surface area (Å²) in [7, 11) is -9.89. The summed E-state index contributed by atoms with van der Waals surface area (Å²) in [6.07, 6.45) is 44.8. The number of aliphatic hydroxyl groups excluding tert-OH is 1. The topological polar surface area (TPSA) is 237 Å². The number of hydrogen-bond donors (Lipinski definition) is 3. The first-order valence-electron chi connectivity index (χ1n) is 36.3. The molecule has 89 heavy (non-hydrogen) atoms. The summed E-state index contributed by atoms with van der Waals surface area (Å²) < 4.78 is 68.1. The average molecular weight is 1310 g/mol. The van der Waals surface area contributed by atoms with Crippen LogP contribution in [0.2, 0.25) is 0 Å². The van der Waals surface area contributed by atoms with Crippen LogP contribution in [-0.4, -0.2) is 96.7 Å². The van der Waals surface area contributed by atoms with E-state index in [0.717, 1.165) is 109 Å². The fraction of sp³-hybridized carbons (Fsp3) is 0.943. The van der Waals surface area contributed by atoms with Gasteiger partial charge in [-0.2, -0.15) is 0 Å². The molecule has 0 radical (unpaired) electrons. The van der Waals surface area contributed by atoms with Crippen molar-refractivity contribution in [1.82, 2.24) is 0 Å². The molecule has 0 aromatic heterocycles. The van der Waals surface area contributed by atoms with E-state index in [1.54, 1.807) is 0 Å². The highest BCUT2D eigenvalue weighted by Gasteiger charge is 2.30. The first-order chi connectivity index (χ1) is 42.7. The van der Waals surface area contributed by atoms with E-state index >= 15 is 0 Å². The summed E-state index contributed by atoms with van der Waals surface area (Å²) in [6.45, 7) is 11.7. The van der Waals surface area contributed by atoms with Gasteiger partial charge in [0.1, 0.15) is 19.3 Å². The van der Waals surface area contributed by atoms with Crippen molar-refractivity contribution < 1.29 is 80.2 Å². The molecule has 17 nitrogen and oxygen atoms in total. The lowest BCUT2D eigenvalue weighted by Gasteiger charge is -2.21. The van der Waals surface area contributed by atoms with Gasteiger partial charge >= 0.3 is 39.5 Å². The van der Waals surface area contributed by atoms with Crippen molar-refractivity contribution in [3.05, 3.63) is 0 Å². The fourth-order valence-corrected chi connectivity index (χ4v) is 12.1. The van der Waals surface area contributed by atoms with Crippen LogP contribution in [-0.2, 0) is 65.4 Å². The van der Waals surface area contributed by atoms with Gasteiger partial charge in [-0.1, -0.05) is 299 Å². The molecule has 0 aliphatic rings. The van der Waals surface area contributed by atoms with Crippen molar-refractivity contribution in [2.75, 3.05) is 39.6 Å². The third-order valence-electron chi connectivity index (χ3n) is 16.1. The van der Waals surface area contributed by atoms with Crippen LogP contribution < -0.4 is 0 Å². The minimum absolute atomic E-state index is 0.103. The molecular weight excluding hydrogens is 1170 g/mol. The molecule has 0 heterocycles. The van der Waals surface area contributed by atoms with Crippen LogP contribution in [0.25, 0.3) is 0 Å². The number of unbranched alkanes of at least 4 members (excludes halogenated alkanes) is 36. The van der Waals surface area contributed by atoms with Gasteiger partial charge in [-0.25, -0.2) is 9.13 Å². The average Bonchev–Trinajstić information content (AvgIpc) is 3.70. The summed E-state index contributed by atoms with van der Waals surface area (Å²) in [5, 5.41) is 10.6. The predicted octanol–water partition coefficient (Wildman–Crippen LogP) is 19.8. The Morgan fingerprint density at radius 2 is 0.517 bits per heavy atom. The molecule has 0 aliphatic carbocycles. The summed E-state index contributed by atoms with van der Waals surface area (Å²) >= 11 is 0. The number of ether oxygens (including phenoxy) is 4. The van der Waals surface area contributed by atoms with Crippen molar-refractivity contribution in [3.8, 4) is 0 Å². The molecular formula is C70H136O17P2. The van der Waals surface area contributed by atoms with Gasteiger partial charge in [0.2, 0.25) is 0 Å². The molecule has 0 spiro atoms. The quantitative estimate of drug-likeness (QED) is 0.0222. The lowest BCUT2D eigenvalue weighted by Crippen LogP contribution is -2.30. The lowest BCUT2D eigenvalue weighted by atomic mass is 10.0.